The second kappa shape index (κ2) is 6.17. The van der Waals surface area contributed by atoms with Crippen molar-refractivity contribution in [1.82, 2.24) is 9.55 Å². The van der Waals surface area contributed by atoms with Gasteiger partial charge in [-0.1, -0.05) is 6.08 Å². The van der Waals surface area contributed by atoms with E-state index in [4.69, 9.17) is 4.74 Å². The smallest absolute Gasteiger partial charge is 0.338 e. The van der Waals surface area contributed by atoms with Gasteiger partial charge < -0.3 is 4.74 Å². The van der Waals surface area contributed by atoms with E-state index in [9.17, 15) is 9.59 Å². The average molecular weight is 384 g/mol. The Morgan fingerprint density at radius 2 is 2.30 bits per heavy atom. The molecule has 0 aliphatic rings. The predicted octanol–water partition coefficient (Wildman–Crippen LogP) is 2.36. The Balaban J connectivity index is 2.67. The Morgan fingerprint density at radius 3 is 2.95 bits per heavy atom. The summed E-state index contributed by atoms with van der Waals surface area (Å²) in [6.07, 6.45) is 3.10. The first kappa shape index (κ1) is 14.7. The maximum atomic E-state index is 12.3. The molecule has 1 heterocycles. The normalized spacial score (nSPS) is 10.5. The Labute approximate surface area is 129 Å². The number of fused-ring (bicyclic) bond motifs is 1. The number of esters is 1. The zero-order valence-electron chi connectivity index (χ0n) is 10.9. The van der Waals surface area contributed by atoms with Gasteiger partial charge in [0.15, 0.2) is 0 Å². The summed E-state index contributed by atoms with van der Waals surface area (Å²) >= 11 is 2.06. The van der Waals surface area contributed by atoms with Crippen LogP contribution in [-0.2, 0) is 11.3 Å². The highest BCUT2D eigenvalue weighted by molar-refractivity contribution is 14.1. The van der Waals surface area contributed by atoms with Gasteiger partial charge in [-0.15, -0.1) is 6.58 Å². The summed E-state index contributed by atoms with van der Waals surface area (Å²) in [6, 6.07) is 3.20. The molecular formula is C14H13IN2O3. The first-order valence-corrected chi connectivity index (χ1v) is 7.13. The molecule has 5 nitrogen and oxygen atoms in total. The first-order chi connectivity index (χ1) is 9.58. The summed E-state index contributed by atoms with van der Waals surface area (Å²) in [5.41, 5.74) is 0.752. The fourth-order valence-corrected chi connectivity index (χ4v) is 2.59. The number of nitrogens with zero attached hydrogens (tertiary/aromatic N) is 2. The summed E-state index contributed by atoms with van der Waals surface area (Å²) < 4.78 is 7.15. The molecule has 0 bridgehead atoms. The van der Waals surface area contributed by atoms with Crippen molar-refractivity contribution in [1.29, 1.82) is 0 Å². The highest BCUT2D eigenvalue weighted by Gasteiger charge is 2.13. The van der Waals surface area contributed by atoms with Gasteiger partial charge in [0.25, 0.3) is 5.56 Å². The van der Waals surface area contributed by atoms with Crippen LogP contribution < -0.4 is 5.56 Å². The van der Waals surface area contributed by atoms with Gasteiger partial charge >= 0.3 is 5.97 Å². The van der Waals surface area contributed by atoms with Gasteiger partial charge in [0.1, 0.15) is 0 Å². The van der Waals surface area contributed by atoms with Gasteiger partial charge in [0.05, 0.1) is 29.4 Å². The zero-order valence-corrected chi connectivity index (χ0v) is 13.1. The molecule has 1 aromatic carbocycles. The number of halogens is 1. The van der Waals surface area contributed by atoms with E-state index in [-0.39, 0.29) is 5.56 Å². The van der Waals surface area contributed by atoms with E-state index >= 15 is 0 Å². The number of hydrogen-bond donors (Lipinski definition) is 0. The van der Waals surface area contributed by atoms with E-state index in [2.05, 4.69) is 34.2 Å². The molecule has 0 aliphatic carbocycles. The van der Waals surface area contributed by atoms with Gasteiger partial charge in [0, 0.05) is 10.1 Å². The van der Waals surface area contributed by atoms with E-state index in [0.29, 0.717) is 29.6 Å². The van der Waals surface area contributed by atoms with Crippen LogP contribution in [0.1, 0.15) is 17.3 Å². The minimum Gasteiger partial charge on any atom is -0.462 e. The maximum absolute atomic E-state index is 12.3. The van der Waals surface area contributed by atoms with Crippen molar-refractivity contribution in [3.05, 3.63) is 50.6 Å². The molecule has 0 atom stereocenters. The van der Waals surface area contributed by atoms with Crippen LogP contribution in [0.3, 0.4) is 0 Å². The molecular weight excluding hydrogens is 371 g/mol. The van der Waals surface area contributed by atoms with Gasteiger partial charge in [-0.25, -0.2) is 9.78 Å². The van der Waals surface area contributed by atoms with Gasteiger partial charge in [0.2, 0.25) is 0 Å². The van der Waals surface area contributed by atoms with Crippen molar-refractivity contribution in [3.8, 4) is 0 Å². The SMILES string of the molecule is C=CCn1cnc2c(I)cc(C(=O)OCC)cc2c1=O. The molecule has 2 aromatic rings. The van der Waals surface area contributed by atoms with Crippen LogP contribution >= 0.6 is 22.6 Å². The lowest BCUT2D eigenvalue weighted by atomic mass is 10.1. The molecule has 104 valence electrons. The third-order valence-corrected chi connectivity index (χ3v) is 3.54. The minimum atomic E-state index is -0.439. The third kappa shape index (κ3) is 2.74. The van der Waals surface area contributed by atoms with Crippen LogP contribution in [0.25, 0.3) is 10.9 Å². The number of carbonyl (C=O) groups is 1. The lowest BCUT2D eigenvalue weighted by Gasteiger charge is -2.07. The number of carbonyl (C=O) groups excluding carboxylic acids is 1. The molecule has 0 amide bonds. The molecule has 6 heteroatoms. The average Bonchev–Trinajstić information content (AvgIpc) is 2.42. The Bertz CT molecular complexity index is 737. The lowest BCUT2D eigenvalue weighted by molar-refractivity contribution is 0.0526. The molecule has 0 unspecified atom stereocenters. The van der Waals surface area contributed by atoms with E-state index < -0.39 is 5.97 Å². The maximum Gasteiger partial charge on any atom is 0.338 e. The molecule has 2 rings (SSSR count). The van der Waals surface area contributed by atoms with Crippen molar-refractivity contribution >= 4 is 39.5 Å². The summed E-state index contributed by atoms with van der Waals surface area (Å²) in [4.78, 5) is 28.4. The van der Waals surface area contributed by atoms with Crippen molar-refractivity contribution in [2.24, 2.45) is 0 Å². The van der Waals surface area contributed by atoms with Crippen LogP contribution in [0.15, 0.2) is 35.9 Å². The number of benzene rings is 1. The number of rotatable bonds is 4. The van der Waals surface area contributed by atoms with Crippen molar-refractivity contribution in [2.45, 2.75) is 13.5 Å². The second-order valence-corrected chi connectivity index (χ2v) is 5.23. The highest BCUT2D eigenvalue weighted by Crippen LogP contribution is 2.19. The van der Waals surface area contributed by atoms with E-state index in [1.54, 1.807) is 19.1 Å². The lowest BCUT2D eigenvalue weighted by Crippen LogP contribution is -2.20. The molecule has 0 spiro atoms. The second-order valence-electron chi connectivity index (χ2n) is 4.07. The standard InChI is InChI=1S/C14H13IN2O3/c1-3-5-17-8-16-12-10(13(17)18)6-9(7-11(12)15)14(19)20-4-2/h3,6-8H,1,4-5H2,2H3. The van der Waals surface area contributed by atoms with Crippen LogP contribution in [0.4, 0.5) is 0 Å². The summed E-state index contributed by atoms with van der Waals surface area (Å²) in [5, 5.41) is 0.407. The Kier molecular flexibility index (Phi) is 4.53. The summed E-state index contributed by atoms with van der Waals surface area (Å²) in [5.74, 6) is -0.439. The van der Waals surface area contributed by atoms with E-state index in [0.717, 1.165) is 3.57 Å². The monoisotopic (exact) mass is 384 g/mol. The van der Waals surface area contributed by atoms with Crippen LogP contribution in [0.2, 0.25) is 0 Å². The molecule has 0 saturated carbocycles. The van der Waals surface area contributed by atoms with Crippen LogP contribution in [-0.4, -0.2) is 22.1 Å². The fourth-order valence-electron chi connectivity index (χ4n) is 1.83. The van der Waals surface area contributed by atoms with E-state index in [1.807, 2.05) is 0 Å². The number of allylic oxidation sites excluding steroid dienone is 1. The largest absolute Gasteiger partial charge is 0.462 e. The van der Waals surface area contributed by atoms with Crippen molar-refractivity contribution in [2.75, 3.05) is 6.61 Å². The Hall–Kier alpha value is -1.70. The van der Waals surface area contributed by atoms with Gasteiger partial charge in [-0.2, -0.15) is 0 Å². The summed E-state index contributed by atoms with van der Waals surface area (Å²) in [7, 11) is 0. The van der Waals surface area contributed by atoms with Crippen LogP contribution in [0, 0.1) is 3.57 Å². The topological polar surface area (TPSA) is 61.2 Å². The quantitative estimate of drug-likeness (QED) is 0.462. The molecule has 0 radical (unpaired) electrons. The molecule has 0 N–H and O–H groups in total. The van der Waals surface area contributed by atoms with Gasteiger partial charge in [-0.05, 0) is 41.6 Å². The number of hydrogen-bond acceptors (Lipinski definition) is 4. The first-order valence-electron chi connectivity index (χ1n) is 6.05. The number of aromatic nitrogens is 2. The zero-order chi connectivity index (χ0) is 14.7. The predicted molar refractivity (Wildman–Crippen MR) is 84.9 cm³/mol. The van der Waals surface area contributed by atoms with Crippen molar-refractivity contribution < 1.29 is 9.53 Å². The fraction of sp³-hybridized carbons (Fsp3) is 0.214. The minimum absolute atomic E-state index is 0.195. The molecule has 20 heavy (non-hydrogen) atoms. The van der Waals surface area contributed by atoms with Gasteiger partial charge in [-0.3, -0.25) is 9.36 Å². The molecule has 1 aromatic heterocycles. The van der Waals surface area contributed by atoms with Crippen molar-refractivity contribution in [3.63, 3.8) is 0 Å². The molecule has 0 fully saturated rings. The van der Waals surface area contributed by atoms with Crippen LogP contribution in [0.5, 0.6) is 0 Å². The summed E-state index contributed by atoms with van der Waals surface area (Å²) in [6.45, 7) is 6.01. The molecule has 0 saturated heterocycles. The Morgan fingerprint density at radius 1 is 1.55 bits per heavy atom. The third-order valence-electron chi connectivity index (χ3n) is 2.72. The van der Waals surface area contributed by atoms with E-state index in [1.165, 1.54) is 17.0 Å². The highest BCUT2D eigenvalue weighted by atomic mass is 127. The number of ether oxygens (including phenoxy) is 1. The molecule has 0 aliphatic heterocycles.